The van der Waals surface area contributed by atoms with E-state index < -0.39 is 41.4 Å². The molecule has 1 unspecified atom stereocenters. The van der Waals surface area contributed by atoms with Crippen molar-refractivity contribution in [2.75, 3.05) is 5.73 Å². The lowest BCUT2D eigenvalue weighted by atomic mass is 9.88. The molecule has 132 valence electrons. The number of hydrogen-bond acceptors (Lipinski definition) is 5. The number of nitriles is 1. The van der Waals surface area contributed by atoms with Gasteiger partial charge in [-0.2, -0.15) is 5.26 Å². The molecule has 0 aliphatic carbocycles. The molecule has 3 heterocycles. The molecule has 3 rings (SSSR count). The van der Waals surface area contributed by atoms with Gasteiger partial charge >= 0.3 is 0 Å². The Morgan fingerprint density at radius 2 is 2.00 bits per heavy atom. The second-order valence-corrected chi connectivity index (χ2v) is 5.27. The number of nitrogens with two attached hydrogens (primary N) is 1. The highest BCUT2D eigenvalue weighted by atomic mass is 19.3. The normalized spacial score (nSPS) is 17.6. The maximum Gasteiger partial charge on any atom is 0.279 e. The molecule has 3 N–H and O–H groups in total. The zero-order valence-electron chi connectivity index (χ0n) is 12.8. The van der Waals surface area contributed by atoms with Crippen LogP contribution >= 0.6 is 0 Å². The molecule has 0 fully saturated rings. The van der Waals surface area contributed by atoms with Crippen molar-refractivity contribution in [2.24, 2.45) is 0 Å². The van der Waals surface area contributed by atoms with Crippen molar-refractivity contribution in [3.8, 4) is 6.07 Å². The van der Waals surface area contributed by atoms with Crippen molar-refractivity contribution in [1.82, 2.24) is 10.3 Å². The summed E-state index contributed by atoms with van der Waals surface area (Å²) in [6.45, 7) is 7.21. The number of aromatic nitrogens is 1. The highest BCUT2D eigenvalue weighted by molar-refractivity contribution is 5.87. The van der Waals surface area contributed by atoms with Crippen molar-refractivity contribution in [3.63, 3.8) is 0 Å². The minimum Gasteiger partial charge on any atom is -0.461 e. The van der Waals surface area contributed by atoms with Gasteiger partial charge in [-0.3, -0.25) is 0 Å². The number of nitrogens with one attached hydrogen (secondary N) is 1. The van der Waals surface area contributed by atoms with Crippen LogP contribution in [0.3, 0.4) is 0 Å². The summed E-state index contributed by atoms with van der Waals surface area (Å²) in [5.41, 5.74) is 2.82. The third kappa shape index (κ3) is 2.62. The molecule has 1 atom stereocenters. The molecule has 2 aromatic heterocycles. The van der Waals surface area contributed by atoms with E-state index in [1.54, 1.807) is 6.07 Å². The Bertz CT molecular complexity index is 983. The molecule has 0 bridgehead atoms. The molecule has 0 radical (unpaired) electrons. The van der Waals surface area contributed by atoms with E-state index >= 15 is 0 Å². The predicted octanol–water partition coefficient (Wildman–Crippen LogP) is 3.54. The first-order chi connectivity index (χ1) is 12.4. The number of anilines is 1. The number of halogens is 4. The topological polar surface area (TPSA) is 92.2 Å². The number of fused-ring (bicyclic) bond motifs is 1. The number of hydrogen-bond donors (Lipinski definition) is 2. The molecule has 1 aliphatic heterocycles. The summed E-state index contributed by atoms with van der Waals surface area (Å²) in [6.07, 6.45) is -5.09. The molecule has 0 saturated heterocycles. The minimum absolute atomic E-state index is 0.0745. The monoisotopic (exact) mass is 363 g/mol. The van der Waals surface area contributed by atoms with Gasteiger partial charge in [0.25, 0.3) is 12.9 Å². The van der Waals surface area contributed by atoms with Gasteiger partial charge in [-0.25, -0.2) is 27.4 Å². The Hall–Kier alpha value is -3.53. The fourth-order valence-corrected chi connectivity index (χ4v) is 2.74. The van der Waals surface area contributed by atoms with Gasteiger partial charge in [-0.15, -0.1) is 0 Å². The van der Waals surface area contributed by atoms with Gasteiger partial charge in [0.05, 0.1) is 40.9 Å². The van der Waals surface area contributed by atoms with Gasteiger partial charge in [-0.05, 0) is 12.1 Å². The molecule has 2 aromatic rings. The molecular formula is C16H9F4N5O. The standard InChI is InChI=1S/C16H9F4N5O/c1-23-12-10(9-4-6-8(26-9)2-3-24-16(6)22)7(5-21)11(14(17)18)25-13(12)15(19)20/h2-4,10,14-15,25H,(H2,22,24). The largest absolute Gasteiger partial charge is 0.461 e. The first-order valence-electron chi connectivity index (χ1n) is 7.12. The van der Waals surface area contributed by atoms with E-state index in [9.17, 15) is 22.8 Å². The van der Waals surface area contributed by atoms with Gasteiger partial charge < -0.3 is 15.5 Å². The fourth-order valence-electron chi connectivity index (χ4n) is 2.74. The SMILES string of the molecule is [C-]#[N+]C1=C(C(F)F)NC(C(F)F)=C(C#N)C1c1cc2c(N)nccc2o1. The van der Waals surface area contributed by atoms with E-state index in [1.807, 2.05) is 5.32 Å². The zero-order chi connectivity index (χ0) is 19.0. The maximum atomic E-state index is 13.3. The third-order valence-corrected chi connectivity index (χ3v) is 3.85. The number of pyridine rings is 1. The summed E-state index contributed by atoms with van der Waals surface area (Å²) in [5.74, 6) is -1.55. The van der Waals surface area contributed by atoms with Gasteiger partial charge in [-0.1, -0.05) is 0 Å². The van der Waals surface area contributed by atoms with Crippen LogP contribution in [0, 0.1) is 17.9 Å². The van der Waals surface area contributed by atoms with Gasteiger partial charge in [0.1, 0.15) is 17.2 Å². The summed E-state index contributed by atoms with van der Waals surface area (Å²) in [4.78, 5) is 6.89. The highest BCUT2D eigenvalue weighted by Gasteiger charge is 2.39. The molecule has 0 saturated carbocycles. The minimum atomic E-state index is -3.22. The fraction of sp³-hybridized carbons (Fsp3) is 0.188. The third-order valence-electron chi connectivity index (χ3n) is 3.85. The Morgan fingerprint density at radius 1 is 1.31 bits per heavy atom. The molecule has 0 amide bonds. The Balaban J connectivity index is 2.30. The van der Waals surface area contributed by atoms with E-state index in [-0.39, 0.29) is 17.2 Å². The zero-order valence-corrected chi connectivity index (χ0v) is 12.8. The predicted molar refractivity (Wildman–Crippen MR) is 82.6 cm³/mol. The first-order valence-corrected chi connectivity index (χ1v) is 7.12. The van der Waals surface area contributed by atoms with Crippen molar-refractivity contribution >= 4 is 16.8 Å². The number of rotatable bonds is 3. The molecule has 26 heavy (non-hydrogen) atoms. The maximum absolute atomic E-state index is 13.3. The number of dihydropyridines is 1. The lowest BCUT2D eigenvalue weighted by Gasteiger charge is -2.26. The van der Waals surface area contributed by atoms with Crippen LogP contribution in [0.5, 0.6) is 0 Å². The quantitative estimate of drug-likeness (QED) is 0.643. The van der Waals surface area contributed by atoms with E-state index in [4.69, 9.17) is 16.7 Å². The van der Waals surface area contributed by atoms with Crippen LogP contribution in [0.25, 0.3) is 15.8 Å². The van der Waals surface area contributed by atoms with Crippen molar-refractivity contribution in [1.29, 1.82) is 5.26 Å². The summed E-state index contributed by atoms with van der Waals surface area (Å²) in [6, 6.07) is 4.32. The van der Waals surface area contributed by atoms with Crippen LogP contribution < -0.4 is 11.1 Å². The number of allylic oxidation sites excluding steroid dienone is 3. The lowest BCUT2D eigenvalue weighted by Crippen LogP contribution is -2.32. The molecule has 1 aliphatic rings. The van der Waals surface area contributed by atoms with Crippen LogP contribution in [0.1, 0.15) is 11.7 Å². The summed E-state index contributed by atoms with van der Waals surface area (Å²) in [7, 11) is 0. The number of alkyl halides is 4. The van der Waals surface area contributed by atoms with Crippen LogP contribution in [0.4, 0.5) is 23.4 Å². The number of nitrogen functional groups attached to an aromatic ring is 1. The van der Waals surface area contributed by atoms with Gasteiger partial charge in [0.15, 0.2) is 0 Å². The summed E-state index contributed by atoms with van der Waals surface area (Å²) >= 11 is 0. The number of nitrogens with zero attached hydrogens (tertiary/aromatic N) is 3. The molecular weight excluding hydrogens is 354 g/mol. The van der Waals surface area contributed by atoms with Crippen LogP contribution in [0.2, 0.25) is 0 Å². The van der Waals surface area contributed by atoms with Crippen molar-refractivity contribution < 1.29 is 22.0 Å². The molecule has 0 spiro atoms. The van der Waals surface area contributed by atoms with E-state index in [0.717, 1.165) is 0 Å². The Morgan fingerprint density at radius 3 is 2.54 bits per heavy atom. The lowest BCUT2D eigenvalue weighted by molar-refractivity contribution is 0.158. The summed E-state index contributed by atoms with van der Waals surface area (Å²) in [5, 5.41) is 11.5. The molecule has 10 heteroatoms. The average molecular weight is 363 g/mol. The molecule has 0 aromatic carbocycles. The van der Waals surface area contributed by atoms with E-state index in [1.165, 1.54) is 18.3 Å². The van der Waals surface area contributed by atoms with Crippen LogP contribution in [-0.4, -0.2) is 17.8 Å². The van der Waals surface area contributed by atoms with Crippen molar-refractivity contribution in [2.45, 2.75) is 18.8 Å². The molecule has 6 nitrogen and oxygen atoms in total. The van der Waals surface area contributed by atoms with Crippen LogP contribution in [0.15, 0.2) is 45.4 Å². The highest BCUT2D eigenvalue weighted by Crippen LogP contribution is 2.43. The van der Waals surface area contributed by atoms with E-state index in [2.05, 4.69) is 9.83 Å². The average Bonchev–Trinajstić information content (AvgIpc) is 3.04. The second kappa shape index (κ2) is 6.41. The number of furan rings is 1. The van der Waals surface area contributed by atoms with Gasteiger partial charge in [0.2, 0.25) is 5.70 Å². The first kappa shape index (κ1) is 17.3. The summed E-state index contributed by atoms with van der Waals surface area (Å²) < 4.78 is 58.7. The van der Waals surface area contributed by atoms with E-state index in [0.29, 0.717) is 5.39 Å². The Kier molecular flexibility index (Phi) is 4.26. The second-order valence-electron chi connectivity index (χ2n) is 5.27. The van der Waals surface area contributed by atoms with Crippen LogP contribution in [-0.2, 0) is 0 Å². The smallest absolute Gasteiger partial charge is 0.279 e. The Labute approximate surface area is 144 Å². The van der Waals surface area contributed by atoms with Crippen molar-refractivity contribution in [3.05, 3.63) is 58.2 Å². The van der Waals surface area contributed by atoms with Gasteiger partial charge in [0, 0.05) is 6.20 Å².